The molecule has 1 unspecified atom stereocenters. The molecule has 0 bridgehead atoms. The van der Waals surface area contributed by atoms with Crippen LogP contribution in [0.25, 0.3) is 33.7 Å². The minimum Gasteiger partial charge on any atom is -0.323 e. The number of nitrogens with two attached hydrogens (primary N) is 1. The van der Waals surface area contributed by atoms with Crippen LogP contribution in [0.1, 0.15) is 83.0 Å². The lowest BCUT2D eigenvalue weighted by Crippen LogP contribution is -2.25. The first-order valence-corrected chi connectivity index (χ1v) is 21.3. The Balaban J connectivity index is 0.000000120. The third-order valence-corrected chi connectivity index (χ3v) is 14.5. The van der Waals surface area contributed by atoms with E-state index in [0.29, 0.717) is 0 Å². The molecule has 4 heteroatoms. The minimum atomic E-state index is 0.0319. The fourth-order valence-electron chi connectivity index (χ4n) is 9.38. The third-order valence-electron chi connectivity index (χ3n) is 12.1. The molecule has 7 aromatic carbocycles. The molecule has 1 saturated heterocycles. The Morgan fingerprint density at radius 3 is 1.66 bits per heavy atom. The summed E-state index contributed by atoms with van der Waals surface area (Å²) in [4.78, 5) is 0. The molecule has 11 rings (SSSR count). The third kappa shape index (κ3) is 6.49. The average molecular weight is 763 g/mol. The van der Waals surface area contributed by atoms with E-state index in [0.717, 1.165) is 33.8 Å². The molecule has 0 radical (unpaired) electrons. The van der Waals surface area contributed by atoms with E-state index in [9.17, 15) is 0 Å². The molecule has 2 nitrogen and oxygen atoms in total. The van der Waals surface area contributed by atoms with Crippen LogP contribution < -0.4 is 5.84 Å². The second-order valence-corrected chi connectivity index (χ2v) is 17.2. The van der Waals surface area contributed by atoms with Crippen molar-refractivity contribution in [2.45, 2.75) is 60.9 Å². The maximum Gasteiger partial charge on any atom is 0.0866 e. The molecule has 3 aliphatic carbocycles. The SMILES string of the molecule is C1=Cc2ccccc2C2(SC23CCCCc2ccccc23)c2ccccc21.N/N=C1/CCCCc2ccccc21.S=c1c2ccccc2ccc2ccccc12. The van der Waals surface area contributed by atoms with E-state index in [1.165, 1.54) is 82.7 Å². The number of hydrogen-bond donors (Lipinski definition) is 1. The zero-order chi connectivity index (χ0) is 38.0. The summed E-state index contributed by atoms with van der Waals surface area (Å²) in [5.74, 6) is 5.38. The van der Waals surface area contributed by atoms with Crippen LogP contribution in [0.2, 0.25) is 0 Å². The summed E-state index contributed by atoms with van der Waals surface area (Å²) in [6, 6.07) is 56.6. The first kappa shape index (κ1) is 36.4. The quantitative estimate of drug-likeness (QED) is 0.0550. The summed E-state index contributed by atoms with van der Waals surface area (Å²) < 4.78 is 1.14. The number of nitrogens with zero attached hydrogens (tertiary/aromatic N) is 1. The average Bonchev–Trinajstić information content (AvgIpc) is 4.05. The molecule has 0 saturated carbocycles. The van der Waals surface area contributed by atoms with Gasteiger partial charge in [-0.3, -0.25) is 0 Å². The number of rotatable bonds is 0. The smallest absolute Gasteiger partial charge is 0.0866 e. The van der Waals surface area contributed by atoms with Gasteiger partial charge in [0.25, 0.3) is 0 Å². The predicted octanol–water partition coefficient (Wildman–Crippen LogP) is 13.6. The summed E-state index contributed by atoms with van der Waals surface area (Å²) in [5.41, 5.74) is 12.6. The second-order valence-electron chi connectivity index (χ2n) is 15.3. The fraction of sp³-hybridized carbons (Fsp3) is 0.192. The van der Waals surface area contributed by atoms with E-state index in [2.05, 4.69) is 162 Å². The molecule has 1 aliphatic heterocycles. The first-order valence-electron chi connectivity index (χ1n) is 20.0. The van der Waals surface area contributed by atoms with Crippen molar-refractivity contribution in [1.29, 1.82) is 0 Å². The van der Waals surface area contributed by atoms with Gasteiger partial charge in [-0.05, 0) is 94.7 Å². The summed E-state index contributed by atoms with van der Waals surface area (Å²) >= 11 is 7.76. The van der Waals surface area contributed by atoms with Gasteiger partial charge in [-0.25, -0.2) is 0 Å². The van der Waals surface area contributed by atoms with E-state index in [4.69, 9.17) is 18.1 Å². The van der Waals surface area contributed by atoms with E-state index < -0.39 is 0 Å². The highest BCUT2D eigenvalue weighted by molar-refractivity contribution is 8.08. The molecular formula is C52H46N2S2. The highest BCUT2D eigenvalue weighted by Gasteiger charge is 2.72. The number of aryl methyl sites for hydroxylation is 2. The second kappa shape index (κ2) is 15.7. The van der Waals surface area contributed by atoms with Crippen LogP contribution in [0.4, 0.5) is 0 Å². The van der Waals surface area contributed by atoms with Crippen LogP contribution in [0.5, 0.6) is 0 Å². The number of hydrazone groups is 1. The van der Waals surface area contributed by atoms with Gasteiger partial charge in [-0.1, -0.05) is 189 Å². The molecule has 276 valence electrons. The Morgan fingerprint density at radius 1 is 0.500 bits per heavy atom. The first-order chi connectivity index (χ1) is 27.6. The topological polar surface area (TPSA) is 38.4 Å². The number of hydrogen-bond acceptors (Lipinski definition) is 4. The van der Waals surface area contributed by atoms with E-state index in [1.54, 1.807) is 11.1 Å². The minimum absolute atomic E-state index is 0.0319. The van der Waals surface area contributed by atoms with E-state index in [1.807, 2.05) is 24.3 Å². The van der Waals surface area contributed by atoms with Crippen LogP contribution in [0.3, 0.4) is 0 Å². The maximum atomic E-state index is 5.56. The molecule has 2 spiro atoms. The lowest BCUT2D eigenvalue weighted by atomic mass is 9.73. The van der Waals surface area contributed by atoms with Crippen molar-refractivity contribution >= 4 is 63.4 Å². The van der Waals surface area contributed by atoms with Crippen molar-refractivity contribution in [2.75, 3.05) is 0 Å². The molecule has 7 aromatic rings. The molecule has 56 heavy (non-hydrogen) atoms. The van der Waals surface area contributed by atoms with Crippen molar-refractivity contribution in [3.8, 4) is 0 Å². The van der Waals surface area contributed by atoms with Gasteiger partial charge in [0, 0.05) is 16.3 Å². The summed E-state index contributed by atoms with van der Waals surface area (Å²) in [5, 5.41) is 8.56. The van der Waals surface area contributed by atoms with Gasteiger partial charge in [0.1, 0.15) is 0 Å². The van der Waals surface area contributed by atoms with Gasteiger partial charge in [0.05, 0.1) is 19.7 Å². The van der Waals surface area contributed by atoms with E-state index in [-0.39, 0.29) is 9.49 Å². The molecule has 0 amide bonds. The summed E-state index contributed by atoms with van der Waals surface area (Å²) in [6.07, 6.45) is 14.4. The normalized spacial score (nSPS) is 19.1. The highest BCUT2D eigenvalue weighted by Crippen LogP contribution is 2.81. The molecular weight excluding hydrogens is 717 g/mol. The van der Waals surface area contributed by atoms with Crippen LogP contribution in [-0.4, -0.2) is 5.71 Å². The van der Waals surface area contributed by atoms with Gasteiger partial charge in [-0.15, -0.1) is 11.8 Å². The number of thioether (sulfide) groups is 1. The van der Waals surface area contributed by atoms with Crippen molar-refractivity contribution in [3.63, 3.8) is 0 Å². The Labute approximate surface area is 340 Å². The predicted molar refractivity (Wildman–Crippen MR) is 243 cm³/mol. The Kier molecular flexibility index (Phi) is 10.2. The van der Waals surface area contributed by atoms with Gasteiger partial charge in [0.2, 0.25) is 0 Å². The van der Waals surface area contributed by atoms with Crippen LogP contribution in [-0.2, 0) is 22.3 Å². The van der Waals surface area contributed by atoms with Gasteiger partial charge < -0.3 is 5.84 Å². The summed E-state index contributed by atoms with van der Waals surface area (Å²) in [7, 11) is 0. The lowest BCUT2D eigenvalue weighted by Gasteiger charge is -2.27. The Hall–Kier alpha value is -5.29. The van der Waals surface area contributed by atoms with Gasteiger partial charge in [-0.2, -0.15) is 5.10 Å². The molecule has 1 fully saturated rings. The van der Waals surface area contributed by atoms with Gasteiger partial charge >= 0.3 is 0 Å². The Bertz CT molecular complexity index is 2580. The van der Waals surface area contributed by atoms with Crippen LogP contribution >= 0.6 is 24.0 Å². The number of benzene rings is 6. The Morgan fingerprint density at radius 2 is 1.00 bits per heavy atom. The molecule has 2 N–H and O–H groups in total. The standard InChI is InChI=1S/C26H22S.C15H10S.C11H14N2/c1-4-13-22-19(9-1)12-7-8-18-25(22)26(27-25)23-14-5-2-10-20(23)16-17-21-11-3-6-15-24(21)26;16-15-13-7-3-1-5-11(13)9-10-12-6-2-4-8-14(12)15;12-13-11-8-4-2-6-9-5-1-3-7-10(9)11/h1-6,9-11,13-17H,7-8,12,18H2;1-10H;1,3,5,7H,2,4,6,8,12H2/b;;13-11-. The fourth-order valence-corrected chi connectivity index (χ4v) is 11.8. The van der Waals surface area contributed by atoms with Crippen molar-refractivity contribution in [2.24, 2.45) is 10.9 Å². The zero-order valence-electron chi connectivity index (χ0n) is 31.7. The molecule has 0 aromatic heterocycles. The van der Waals surface area contributed by atoms with Crippen molar-refractivity contribution in [3.05, 3.63) is 207 Å². The van der Waals surface area contributed by atoms with E-state index >= 15 is 0 Å². The van der Waals surface area contributed by atoms with Crippen LogP contribution in [0, 0.1) is 4.51 Å². The molecule has 1 atom stereocenters. The monoisotopic (exact) mass is 762 g/mol. The van der Waals surface area contributed by atoms with Crippen molar-refractivity contribution in [1.82, 2.24) is 0 Å². The summed E-state index contributed by atoms with van der Waals surface area (Å²) in [6.45, 7) is 0. The molecule has 4 aliphatic rings. The molecule has 1 heterocycles. The number of fused-ring (bicyclic) bond motifs is 10. The van der Waals surface area contributed by atoms with Gasteiger partial charge in [0.15, 0.2) is 0 Å². The highest BCUT2D eigenvalue weighted by atomic mass is 32.2. The largest absolute Gasteiger partial charge is 0.323 e. The van der Waals surface area contributed by atoms with Crippen molar-refractivity contribution < 1.29 is 0 Å². The van der Waals surface area contributed by atoms with Crippen LogP contribution in [0.15, 0.2) is 163 Å². The maximum absolute atomic E-state index is 5.56. The zero-order valence-corrected chi connectivity index (χ0v) is 33.3. The lowest BCUT2D eigenvalue weighted by molar-refractivity contribution is 0.537.